The summed E-state index contributed by atoms with van der Waals surface area (Å²) in [4.78, 5) is 10.6. The van der Waals surface area contributed by atoms with Crippen molar-refractivity contribution in [2.75, 3.05) is 13.2 Å². The summed E-state index contributed by atoms with van der Waals surface area (Å²) in [6.45, 7) is 3.48. The Balaban J connectivity index is 1.95. The van der Waals surface area contributed by atoms with Gasteiger partial charge in [0.2, 0.25) is 5.91 Å². The normalized spacial score (nSPS) is 15.1. The summed E-state index contributed by atoms with van der Waals surface area (Å²) in [5.74, 6) is 0.727. The summed E-state index contributed by atoms with van der Waals surface area (Å²) in [6.07, 6.45) is 1.36. The van der Waals surface area contributed by atoms with E-state index in [4.69, 9.17) is 10.5 Å². The van der Waals surface area contributed by atoms with Crippen LogP contribution in [-0.4, -0.2) is 19.1 Å². The molecule has 17 heavy (non-hydrogen) atoms. The minimum absolute atomic E-state index is 0.222. The van der Waals surface area contributed by atoms with Crippen LogP contribution in [-0.2, 0) is 11.2 Å². The number of rotatable bonds is 5. The number of nitrogens with one attached hydrogen (secondary N) is 1. The van der Waals surface area contributed by atoms with Crippen molar-refractivity contribution < 1.29 is 9.53 Å². The molecule has 1 unspecified atom stereocenters. The number of amides is 1. The third-order valence-electron chi connectivity index (χ3n) is 3.04. The van der Waals surface area contributed by atoms with Crippen molar-refractivity contribution in [3.05, 3.63) is 29.3 Å². The van der Waals surface area contributed by atoms with Crippen LogP contribution in [0.3, 0.4) is 0 Å². The maximum Gasteiger partial charge on any atom is 0.218 e. The maximum absolute atomic E-state index is 10.6. The lowest BCUT2D eigenvalue weighted by Crippen LogP contribution is -2.24. The van der Waals surface area contributed by atoms with Crippen molar-refractivity contribution >= 4 is 5.91 Å². The first-order chi connectivity index (χ1) is 8.16. The average Bonchev–Trinajstić information content (AvgIpc) is 2.75. The Morgan fingerprint density at radius 2 is 2.41 bits per heavy atom. The van der Waals surface area contributed by atoms with Crippen molar-refractivity contribution in [2.45, 2.75) is 25.8 Å². The zero-order valence-corrected chi connectivity index (χ0v) is 10.0. The van der Waals surface area contributed by atoms with Crippen molar-refractivity contribution in [3.63, 3.8) is 0 Å². The molecule has 1 amide bonds. The lowest BCUT2D eigenvalue weighted by Gasteiger charge is -2.14. The third-order valence-corrected chi connectivity index (χ3v) is 3.04. The number of hydrogen-bond acceptors (Lipinski definition) is 3. The zero-order valence-electron chi connectivity index (χ0n) is 10.0. The monoisotopic (exact) mass is 234 g/mol. The van der Waals surface area contributed by atoms with E-state index in [9.17, 15) is 4.79 Å². The van der Waals surface area contributed by atoms with Crippen LogP contribution in [0.25, 0.3) is 0 Å². The Morgan fingerprint density at radius 1 is 1.59 bits per heavy atom. The molecule has 0 aliphatic carbocycles. The number of primary amides is 1. The Hall–Kier alpha value is -1.55. The van der Waals surface area contributed by atoms with E-state index in [1.165, 1.54) is 11.1 Å². The molecule has 3 N–H and O–H groups in total. The standard InChI is InChI=1S/C13H18N2O2/c1-9(15-6-4-13(14)16)10-2-3-12-11(8-10)5-7-17-12/h2-3,8-9,15H,4-7H2,1H3,(H2,14,16). The predicted molar refractivity (Wildman–Crippen MR) is 65.9 cm³/mol. The lowest BCUT2D eigenvalue weighted by atomic mass is 10.0. The van der Waals surface area contributed by atoms with Crippen LogP contribution in [0.2, 0.25) is 0 Å². The van der Waals surface area contributed by atoms with E-state index in [1.54, 1.807) is 0 Å². The second kappa shape index (κ2) is 5.19. The summed E-state index contributed by atoms with van der Waals surface area (Å²) in [5.41, 5.74) is 7.59. The van der Waals surface area contributed by atoms with Gasteiger partial charge in [-0.2, -0.15) is 0 Å². The number of carbonyl (C=O) groups excluding carboxylic acids is 1. The Kier molecular flexibility index (Phi) is 3.64. The molecular formula is C13H18N2O2. The number of nitrogens with two attached hydrogens (primary N) is 1. The molecule has 1 heterocycles. The van der Waals surface area contributed by atoms with Crippen LogP contribution in [0, 0.1) is 0 Å². The summed E-state index contributed by atoms with van der Waals surface area (Å²) < 4.78 is 5.46. The van der Waals surface area contributed by atoms with E-state index < -0.39 is 0 Å². The van der Waals surface area contributed by atoms with Gasteiger partial charge in [0.1, 0.15) is 5.75 Å². The van der Waals surface area contributed by atoms with Crippen molar-refractivity contribution in [3.8, 4) is 5.75 Å². The van der Waals surface area contributed by atoms with Crippen molar-refractivity contribution in [1.29, 1.82) is 0 Å². The van der Waals surface area contributed by atoms with E-state index >= 15 is 0 Å². The smallest absolute Gasteiger partial charge is 0.218 e. The molecule has 4 heteroatoms. The van der Waals surface area contributed by atoms with Crippen LogP contribution in [0.5, 0.6) is 5.75 Å². The Labute approximate surface area is 101 Å². The van der Waals surface area contributed by atoms with Crippen molar-refractivity contribution in [2.24, 2.45) is 5.73 Å². The van der Waals surface area contributed by atoms with E-state index in [0.717, 1.165) is 18.8 Å². The first-order valence-corrected chi connectivity index (χ1v) is 5.94. The number of carbonyl (C=O) groups is 1. The van der Waals surface area contributed by atoms with E-state index in [0.29, 0.717) is 13.0 Å². The second-order valence-electron chi connectivity index (χ2n) is 4.36. The van der Waals surface area contributed by atoms with Crippen LogP contribution < -0.4 is 15.8 Å². The fourth-order valence-corrected chi connectivity index (χ4v) is 2.01. The number of benzene rings is 1. The van der Waals surface area contributed by atoms with Gasteiger partial charge in [0, 0.05) is 25.4 Å². The van der Waals surface area contributed by atoms with E-state index in [2.05, 4.69) is 24.4 Å². The molecule has 0 aromatic heterocycles. The Morgan fingerprint density at radius 3 is 3.18 bits per heavy atom. The van der Waals surface area contributed by atoms with Gasteiger partial charge in [-0.3, -0.25) is 4.79 Å². The van der Waals surface area contributed by atoms with Gasteiger partial charge >= 0.3 is 0 Å². The van der Waals surface area contributed by atoms with Gasteiger partial charge in [0.15, 0.2) is 0 Å². The molecule has 0 radical (unpaired) electrons. The van der Waals surface area contributed by atoms with Crippen LogP contribution in [0.1, 0.15) is 30.5 Å². The van der Waals surface area contributed by atoms with E-state index in [-0.39, 0.29) is 11.9 Å². The predicted octanol–water partition coefficient (Wildman–Crippen LogP) is 1.15. The molecule has 0 saturated carbocycles. The number of hydrogen-bond donors (Lipinski definition) is 2. The van der Waals surface area contributed by atoms with Gasteiger partial charge in [0.05, 0.1) is 6.61 Å². The first kappa shape index (κ1) is 11.9. The summed E-state index contributed by atoms with van der Waals surface area (Å²) in [5, 5.41) is 3.28. The highest BCUT2D eigenvalue weighted by Gasteiger charge is 2.14. The van der Waals surface area contributed by atoms with E-state index in [1.807, 2.05) is 6.07 Å². The molecule has 4 nitrogen and oxygen atoms in total. The fraction of sp³-hybridized carbons (Fsp3) is 0.462. The fourth-order valence-electron chi connectivity index (χ4n) is 2.01. The average molecular weight is 234 g/mol. The maximum atomic E-state index is 10.6. The van der Waals surface area contributed by atoms with Crippen LogP contribution >= 0.6 is 0 Å². The van der Waals surface area contributed by atoms with Crippen LogP contribution in [0.15, 0.2) is 18.2 Å². The van der Waals surface area contributed by atoms with Gasteiger partial charge in [-0.1, -0.05) is 12.1 Å². The molecular weight excluding hydrogens is 216 g/mol. The summed E-state index contributed by atoms with van der Waals surface area (Å²) >= 11 is 0. The van der Waals surface area contributed by atoms with Gasteiger partial charge in [-0.25, -0.2) is 0 Å². The highest BCUT2D eigenvalue weighted by Crippen LogP contribution is 2.27. The molecule has 1 atom stereocenters. The van der Waals surface area contributed by atoms with Gasteiger partial charge < -0.3 is 15.8 Å². The molecule has 0 fully saturated rings. The van der Waals surface area contributed by atoms with Gasteiger partial charge in [-0.15, -0.1) is 0 Å². The summed E-state index contributed by atoms with van der Waals surface area (Å²) in [6, 6.07) is 6.47. The third kappa shape index (κ3) is 2.97. The summed E-state index contributed by atoms with van der Waals surface area (Å²) in [7, 11) is 0. The lowest BCUT2D eigenvalue weighted by molar-refractivity contribution is -0.117. The molecule has 1 aromatic rings. The minimum atomic E-state index is -0.271. The molecule has 1 aromatic carbocycles. The molecule has 0 saturated heterocycles. The molecule has 0 bridgehead atoms. The molecule has 1 aliphatic heterocycles. The Bertz CT molecular complexity index is 418. The molecule has 0 spiro atoms. The molecule has 92 valence electrons. The number of fused-ring (bicyclic) bond motifs is 1. The topological polar surface area (TPSA) is 64.3 Å². The zero-order chi connectivity index (χ0) is 12.3. The minimum Gasteiger partial charge on any atom is -0.493 e. The van der Waals surface area contributed by atoms with Gasteiger partial charge in [0.25, 0.3) is 0 Å². The molecule has 1 aliphatic rings. The highest BCUT2D eigenvalue weighted by atomic mass is 16.5. The van der Waals surface area contributed by atoms with Gasteiger partial charge in [-0.05, 0) is 24.1 Å². The second-order valence-corrected chi connectivity index (χ2v) is 4.36. The highest BCUT2D eigenvalue weighted by molar-refractivity contribution is 5.73. The molecule has 2 rings (SSSR count). The van der Waals surface area contributed by atoms with Crippen molar-refractivity contribution in [1.82, 2.24) is 5.32 Å². The van der Waals surface area contributed by atoms with Crippen LogP contribution in [0.4, 0.5) is 0 Å². The first-order valence-electron chi connectivity index (χ1n) is 5.94. The number of ether oxygens (including phenoxy) is 1. The quantitative estimate of drug-likeness (QED) is 0.803. The largest absolute Gasteiger partial charge is 0.493 e. The SMILES string of the molecule is CC(NCCC(N)=O)c1ccc2c(c1)CCO2.